The van der Waals surface area contributed by atoms with E-state index < -0.39 is 0 Å². The minimum Gasteiger partial charge on any atom is -0.489 e. The van der Waals surface area contributed by atoms with Gasteiger partial charge in [-0.25, -0.2) is 0 Å². The number of nitrogens with two attached hydrogens (primary N) is 1. The maximum atomic E-state index is 5.80. The summed E-state index contributed by atoms with van der Waals surface area (Å²) in [4.78, 5) is 0. The van der Waals surface area contributed by atoms with Crippen LogP contribution in [0.5, 0.6) is 5.75 Å². The number of anilines is 1. The number of rotatable bonds is 3. The minimum absolute atomic E-state index is 0.472. The lowest BCUT2D eigenvalue weighted by atomic mass is 10.1. The average molecular weight is 253 g/mol. The normalized spacial score (nSPS) is 10.8. The predicted octanol–water partition coefficient (Wildman–Crippen LogP) is 3.90. The Hall–Kier alpha value is -2.42. The van der Waals surface area contributed by atoms with Crippen LogP contribution in [-0.2, 0) is 6.61 Å². The van der Waals surface area contributed by atoms with E-state index in [1.54, 1.807) is 6.26 Å². The minimum atomic E-state index is 0.472. The van der Waals surface area contributed by atoms with Crippen molar-refractivity contribution in [3.05, 3.63) is 59.9 Å². The summed E-state index contributed by atoms with van der Waals surface area (Å²) in [5.74, 6) is 0.859. The van der Waals surface area contributed by atoms with Gasteiger partial charge in [-0.3, -0.25) is 0 Å². The van der Waals surface area contributed by atoms with Crippen LogP contribution in [0.25, 0.3) is 11.0 Å². The number of furan rings is 1. The number of aryl methyl sites for hydroxylation is 1. The average Bonchev–Trinajstić information content (AvgIpc) is 2.79. The molecule has 3 nitrogen and oxygen atoms in total. The Labute approximate surface area is 111 Å². The molecule has 0 aliphatic carbocycles. The molecular formula is C16H15NO2. The van der Waals surface area contributed by atoms with Crippen LogP contribution in [0.2, 0.25) is 0 Å². The lowest BCUT2D eigenvalue weighted by Crippen LogP contribution is -1.94. The van der Waals surface area contributed by atoms with Crippen LogP contribution in [0.4, 0.5) is 5.69 Å². The molecule has 0 radical (unpaired) electrons. The zero-order chi connectivity index (χ0) is 13.2. The molecule has 96 valence electrons. The van der Waals surface area contributed by atoms with Crippen molar-refractivity contribution in [1.82, 2.24) is 0 Å². The monoisotopic (exact) mass is 253 g/mol. The molecule has 0 saturated heterocycles. The van der Waals surface area contributed by atoms with E-state index in [2.05, 4.69) is 0 Å². The number of nitrogen functional groups attached to an aromatic ring is 1. The summed E-state index contributed by atoms with van der Waals surface area (Å²) in [6.07, 6.45) is 1.72. The van der Waals surface area contributed by atoms with Crippen LogP contribution in [0.1, 0.15) is 11.1 Å². The second-order valence-corrected chi connectivity index (χ2v) is 4.62. The maximum Gasteiger partial charge on any atom is 0.134 e. The van der Waals surface area contributed by atoms with Crippen molar-refractivity contribution in [2.24, 2.45) is 0 Å². The molecule has 3 rings (SSSR count). The van der Waals surface area contributed by atoms with Gasteiger partial charge in [0.1, 0.15) is 17.9 Å². The highest BCUT2D eigenvalue weighted by molar-refractivity contribution is 5.84. The van der Waals surface area contributed by atoms with Gasteiger partial charge in [0.25, 0.3) is 0 Å². The molecule has 1 aromatic heterocycles. The second kappa shape index (κ2) is 4.69. The molecule has 3 heteroatoms. The van der Waals surface area contributed by atoms with Crippen molar-refractivity contribution in [3.63, 3.8) is 0 Å². The molecule has 0 aliphatic heterocycles. The summed E-state index contributed by atoms with van der Waals surface area (Å²) >= 11 is 0. The Morgan fingerprint density at radius 1 is 1.16 bits per heavy atom. The van der Waals surface area contributed by atoms with E-state index in [0.717, 1.165) is 28.0 Å². The quantitative estimate of drug-likeness (QED) is 0.720. The van der Waals surface area contributed by atoms with Crippen molar-refractivity contribution in [2.45, 2.75) is 13.5 Å². The first-order chi connectivity index (χ1) is 9.22. The Balaban J connectivity index is 1.84. The van der Waals surface area contributed by atoms with Gasteiger partial charge in [-0.05, 0) is 42.8 Å². The molecule has 2 aromatic carbocycles. The van der Waals surface area contributed by atoms with Crippen LogP contribution in [0, 0.1) is 6.92 Å². The summed E-state index contributed by atoms with van der Waals surface area (Å²) in [7, 11) is 0. The zero-order valence-corrected chi connectivity index (χ0v) is 10.7. The van der Waals surface area contributed by atoms with Gasteiger partial charge in [-0.2, -0.15) is 0 Å². The molecule has 0 saturated carbocycles. The van der Waals surface area contributed by atoms with Crippen molar-refractivity contribution in [2.75, 3.05) is 5.73 Å². The topological polar surface area (TPSA) is 48.4 Å². The van der Waals surface area contributed by atoms with E-state index in [9.17, 15) is 0 Å². The van der Waals surface area contributed by atoms with Crippen LogP contribution in [0.3, 0.4) is 0 Å². The lowest BCUT2D eigenvalue weighted by molar-refractivity contribution is 0.306. The number of fused-ring (bicyclic) bond motifs is 1. The standard InChI is InChI=1S/C16H15NO2/c1-11-3-2-4-14(7-11)18-9-12-10-19-16-6-5-13(17)8-15(12)16/h2-8,10H,9,17H2,1H3. The number of hydrogen-bond donors (Lipinski definition) is 1. The first kappa shape index (κ1) is 11.7. The largest absolute Gasteiger partial charge is 0.489 e. The fraction of sp³-hybridized carbons (Fsp3) is 0.125. The Bertz CT molecular complexity index is 716. The van der Waals surface area contributed by atoms with Crippen LogP contribution < -0.4 is 10.5 Å². The Morgan fingerprint density at radius 2 is 2.05 bits per heavy atom. The molecule has 1 heterocycles. The van der Waals surface area contributed by atoms with Crippen molar-refractivity contribution in [3.8, 4) is 5.75 Å². The van der Waals surface area contributed by atoms with Gasteiger partial charge in [0.2, 0.25) is 0 Å². The smallest absolute Gasteiger partial charge is 0.134 e. The van der Waals surface area contributed by atoms with Crippen LogP contribution in [-0.4, -0.2) is 0 Å². The molecule has 0 atom stereocenters. The molecule has 2 N–H and O–H groups in total. The second-order valence-electron chi connectivity index (χ2n) is 4.62. The molecule has 3 aromatic rings. The first-order valence-electron chi connectivity index (χ1n) is 6.17. The summed E-state index contributed by atoms with van der Waals surface area (Å²) in [6.45, 7) is 2.51. The van der Waals surface area contributed by atoms with E-state index in [4.69, 9.17) is 14.9 Å². The van der Waals surface area contributed by atoms with Gasteiger partial charge in [-0.1, -0.05) is 12.1 Å². The molecule has 0 amide bonds. The Kier molecular flexibility index (Phi) is 2.88. The van der Waals surface area contributed by atoms with Gasteiger partial charge >= 0.3 is 0 Å². The van der Waals surface area contributed by atoms with Gasteiger partial charge in [-0.15, -0.1) is 0 Å². The molecule has 0 fully saturated rings. The summed E-state index contributed by atoms with van der Waals surface area (Å²) in [5, 5.41) is 1.01. The number of benzene rings is 2. The van der Waals surface area contributed by atoms with Gasteiger partial charge in [0.05, 0.1) is 6.26 Å². The zero-order valence-electron chi connectivity index (χ0n) is 10.7. The van der Waals surface area contributed by atoms with Crippen LogP contribution >= 0.6 is 0 Å². The summed E-state index contributed by atoms with van der Waals surface area (Å²) in [6, 6.07) is 13.6. The highest BCUT2D eigenvalue weighted by Crippen LogP contribution is 2.25. The first-order valence-corrected chi connectivity index (χ1v) is 6.17. The van der Waals surface area contributed by atoms with Crippen molar-refractivity contribution >= 4 is 16.7 Å². The molecule has 0 unspecified atom stereocenters. The lowest BCUT2D eigenvalue weighted by Gasteiger charge is -2.05. The predicted molar refractivity (Wildman–Crippen MR) is 76.1 cm³/mol. The summed E-state index contributed by atoms with van der Waals surface area (Å²) < 4.78 is 11.3. The highest BCUT2D eigenvalue weighted by Gasteiger charge is 2.07. The molecular weight excluding hydrogens is 238 g/mol. The van der Waals surface area contributed by atoms with E-state index >= 15 is 0 Å². The van der Waals surface area contributed by atoms with Gasteiger partial charge in [0.15, 0.2) is 0 Å². The third-order valence-corrected chi connectivity index (χ3v) is 3.06. The molecule has 0 spiro atoms. The SMILES string of the molecule is Cc1cccc(OCc2coc3ccc(N)cc23)c1. The fourth-order valence-corrected chi connectivity index (χ4v) is 2.08. The molecule has 0 bridgehead atoms. The highest BCUT2D eigenvalue weighted by atomic mass is 16.5. The van der Waals surface area contributed by atoms with E-state index in [1.165, 1.54) is 5.56 Å². The van der Waals surface area contributed by atoms with E-state index in [-0.39, 0.29) is 0 Å². The third-order valence-electron chi connectivity index (χ3n) is 3.06. The van der Waals surface area contributed by atoms with Crippen LogP contribution in [0.15, 0.2) is 53.1 Å². The van der Waals surface area contributed by atoms with E-state index in [1.807, 2.05) is 49.4 Å². The van der Waals surface area contributed by atoms with Gasteiger partial charge < -0.3 is 14.9 Å². The molecule has 19 heavy (non-hydrogen) atoms. The third kappa shape index (κ3) is 2.40. The van der Waals surface area contributed by atoms with Gasteiger partial charge in [0, 0.05) is 16.6 Å². The number of ether oxygens (including phenoxy) is 1. The fourth-order valence-electron chi connectivity index (χ4n) is 2.08. The molecule has 0 aliphatic rings. The Morgan fingerprint density at radius 3 is 2.89 bits per heavy atom. The summed E-state index contributed by atoms with van der Waals surface area (Å²) in [5.41, 5.74) is 9.54. The van der Waals surface area contributed by atoms with Crippen molar-refractivity contribution < 1.29 is 9.15 Å². The van der Waals surface area contributed by atoms with Crippen molar-refractivity contribution in [1.29, 1.82) is 0 Å². The van der Waals surface area contributed by atoms with E-state index in [0.29, 0.717) is 6.61 Å². The maximum absolute atomic E-state index is 5.80. The number of hydrogen-bond acceptors (Lipinski definition) is 3.